The summed E-state index contributed by atoms with van der Waals surface area (Å²) >= 11 is 0. The van der Waals surface area contributed by atoms with E-state index in [2.05, 4.69) is 4.98 Å². The van der Waals surface area contributed by atoms with Crippen LogP contribution in [0.5, 0.6) is 0 Å². The maximum atomic E-state index is 12.7. The van der Waals surface area contributed by atoms with Gasteiger partial charge in [0.25, 0.3) is 5.91 Å². The van der Waals surface area contributed by atoms with Crippen LogP contribution in [0.1, 0.15) is 36.5 Å². The number of nitrogens with zero attached hydrogens (tertiary/aromatic N) is 1. The molecule has 0 spiro atoms. The number of H-pyrrole nitrogens is 1. The molecular formula is C16H21N3O. The Bertz CT molecular complexity index is 617. The molecule has 2 atom stereocenters. The minimum atomic E-state index is 0.0234. The fourth-order valence-electron chi connectivity index (χ4n) is 3.11. The van der Waals surface area contributed by atoms with Gasteiger partial charge in [0, 0.05) is 41.3 Å². The molecule has 0 saturated carbocycles. The summed E-state index contributed by atoms with van der Waals surface area (Å²) in [5, 5.41) is 1.07. The molecule has 1 aromatic carbocycles. The van der Waals surface area contributed by atoms with Crippen molar-refractivity contribution in [2.24, 2.45) is 5.73 Å². The van der Waals surface area contributed by atoms with Gasteiger partial charge in [0.1, 0.15) is 0 Å². The van der Waals surface area contributed by atoms with Crippen molar-refractivity contribution in [3.05, 3.63) is 36.0 Å². The summed E-state index contributed by atoms with van der Waals surface area (Å²) in [5.74, 6) is 0.107. The molecule has 106 valence electrons. The summed E-state index contributed by atoms with van der Waals surface area (Å²) in [4.78, 5) is 17.8. The molecule has 2 unspecified atom stereocenters. The Balaban J connectivity index is 1.89. The maximum absolute atomic E-state index is 12.7. The molecule has 0 radical (unpaired) electrons. The summed E-state index contributed by atoms with van der Waals surface area (Å²) in [6.07, 6.45) is 5.13. The van der Waals surface area contributed by atoms with Crippen LogP contribution >= 0.6 is 0 Å². The smallest absolute Gasteiger partial charge is 0.254 e. The molecule has 1 saturated heterocycles. The van der Waals surface area contributed by atoms with Gasteiger partial charge in [0.2, 0.25) is 0 Å². The number of hydrogen-bond acceptors (Lipinski definition) is 2. The first kappa shape index (κ1) is 13.2. The standard InChI is InChI=1S/C16H21N3O/c1-11(17)15-4-2-3-9-19(15)16(20)13-5-6-14-12(10-13)7-8-18-14/h5-8,10-11,15,18H,2-4,9,17H2,1H3. The first-order chi connectivity index (χ1) is 9.66. The number of fused-ring (bicyclic) bond motifs is 1. The number of aromatic amines is 1. The topological polar surface area (TPSA) is 62.1 Å². The molecule has 1 aliphatic rings. The van der Waals surface area contributed by atoms with Gasteiger partial charge in [-0.3, -0.25) is 4.79 Å². The third-order valence-electron chi connectivity index (χ3n) is 4.22. The predicted molar refractivity (Wildman–Crippen MR) is 80.6 cm³/mol. The number of aromatic nitrogens is 1. The van der Waals surface area contributed by atoms with Crippen LogP contribution in [-0.4, -0.2) is 34.4 Å². The summed E-state index contributed by atoms with van der Waals surface area (Å²) < 4.78 is 0. The van der Waals surface area contributed by atoms with Crippen LogP contribution in [0.25, 0.3) is 10.9 Å². The van der Waals surface area contributed by atoms with Gasteiger partial charge in [-0.1, -0.05) is 0 Å². The quantitative estimate of drug-likeness (QED) is 0.881. The molecule has 4 heteroatoms. The largest absolute Gasteiger partial charge is 0.361 e. The van der Waals surface area contributed by atoms with E-state index in [0.717, 1.165) is 42.3 Å². The molecule has 1 amide bonds. The van der Waals surface area contributed by atoms with Gasteiger partial charge in [0.15, 0.2) is 0 Å². The summed E-state index contributed by atoms with van der Waals surface area (Å²) in [5.41, 5.74) is 7.86. The minimum absolute atomic E-state index is 0.0234. The van der Waals surface area contributed by atoms with Crippen molar-refractivity contribution in [2.45, 2.75) is 38.3 Å². The van der Waals surface area contributed by atoms with E-state index in [0.29, 0.717) is 0 Å². The Morgan fingerprint density at radius 3 is 3.05 bits per heavy atom. The third kappa shape index (κ3) is 2.31. The molecule has 1 aromatic heterocycles. The van der Waals surface area contributed by atoms with E-state index in [-0.39, 0.29) is 18.0 Å². The number of rotatable bonds is 2. The van der Waals surface area contributed by atoms with Gasteiger partial charge in [-0.15, -0.1) is 0 Å². The number of benzene rings is 1. The third-order valence-corrected chi connectivity index (χ3v) is 4.22. The highest BCUT2D eigenvalue weighted by Gasteiger charge is 2.29. The first-order valence-electron chi connectivity index (χ1n) is 7.30. The van der Waals surface area contributed by atoms with Crippen LogP contribution in [0.2, 0.25) is 0 Å². The van der Waals surface area contributed by atoms with Crippen molar-refractivity contribution in [2.75, 3.05) is 6.54 Å². The monoisotopic (exact) mass is 271 g/mol. The van der Waals surface area contributed by atoms with Crippen LogP contribution in [0.3, 0.4) is 0 Å². The lowest BCUT2D eigenvalue weighted by Gasteiger charge is -2.38. The second kappa shape index (κ2) is 5.29. The number of likely N-dealkylation sites (tertiary alicyclic amines) is 1. The lowest BCUT2D eigenvalue weighted by molar-refractivity contribution is 0.0584. The number of piperidine rings is 1. The fourth-order valence-corrected chi connectivity index (χ4v) is 3.11. The van der Waals surface area contributed by atoms with Gasteiger partial charge in [-0.05, 0) is 50.5 Å². The number of nitrogens with two attached hydrogens (primary N) is 1. The van der Waals surface area contributed by atoms with Gasteiger partial charge >= 0.3 is 0 Å². The molecular weight excluding hydrogens is 250 g/mol. The zero-order chi connectivity index (χ0) is 14.1. The zero-order valence-corrected chi connectivity index (χ0v) is 11.8. The van der Waals surface area contributed by atoms with Gasteiger partial charge in [0.05, 0.1) is 0 Å². The van der Waals surface area contributed by atoms with Crippen molar-refractivity contribution in [1.82, 2.24) is 9.88 Å². The lowest BCUT2D eigenvalue weighted by Crippen LogP contribution is -2.51. The molecule has 0 bridgehead atoms. The van der Waals surface area contributed by atoms with Crippen LogP contribution in [0, 0.1) is 0 Å². The molecule has 20 heavy (non-hydrogen) atoms. The predicted octanol–water partition coefficient (Wildman–Crippen LogP) is 2.51. The fraction of sp³-hybridized carbons (Fsp3) is 0.438. The Morgan fingerprint density at radius 2 is 2.25 bits per heavy atom. The van der Waals surface area contributed by atoms with Gasteiger partial charge in [-0.25, -0.2) is 0 Å². The van der Waals surface area contributed by atoms with Crippen molar-refractivity contribution in [3.8, 4) is 0 Å². The minimum Gasteiger partial charge on any atom is -0.361 e. The van der Waals surface area contributed by atoms with E-state index in [1.165, 1.54) is 0 Å². The average molecular weight is 271 g/mol. The van der Waals surface area contributed by atoms with Crippen molar-refractivity contribution < 1.29 is 4.79 Å². The van der Waals surface area contributed by atoms with E-state index in [1.807, 2.05) is 42.3 Å². The van der Waals surface area contributed by atoms with Crippen molar-refractivity contribution >= 4 is 16.8 Å². The Kier molecular flexibility index (Phi) is 3.49. The average Bonchev–Trinajstić information content (AvgIpc) is 2.93. The highest BCUT2D eigenvalue weighted by atomic mass is 16.2. The van der Waals surface area contributed by atoms with E-state index in [9.17, 15) is 4.79 Å². The summed E-state index contributed by atoms with van der Waals surface area (Å²) in [6, 6.07) is 8.00. The molecule has 1 fully saturated rings. The number of carbonyl (C=O) groups is 1. The second-order valence-corrected chi connectivity index (χ2v) is 5.70. The van der Waals surface area contributed by atoms with Crippen LogP contribution < -0.4 is 5.73 Å². The number of carbonyl (C=O) groups excluding carboxylic acids is 1. The van der Waals surface area contributed by atoms with Gasteiger partial charge in [-0.2, -0.15) is 0 Å². The molecule has 2 aromatic rings. The van der Waals surface area contributed by atoms with Crippen LogP contribution in [0.15, 0.2) is 30.5 Å². The van der Waals surface area contributed by atoms with E-state index in [1.54, 1.807) is 0 Å². The van der Waals surface area contributed by atoms with Gasteiger partial charge < -0.3 is 15.6 Å². The Hall–Kier alpha value is -1.81. The summed E-state index contributed by atoms with van der Waals surface area (Å²) in [6.45, 7) is 2.81. The highest BCUT2D eigenvalue weighted by molar-refractivity contribution is 5.98. The molecule has 4 nitrogen and oxygen atoms in total. The molecule has 1 aliphatic heterocycles. The maximum Gasteiger partial charge on any atom is 0.254 e. The molecule has 3 N–H and O–H groups in total. The number of hydrogen-bond donors (Lipinski definition) is 2. The van der Waals surface area contributed by atoms with E-state index in [4.69, 9.17) is 5.73 Å². The number of amides is 1. The van der Waals surface area contributed by atoms with Crippen LogP contribution in [-0.2, 0) is 0 Å². The normalized spacial score (nSPS) is 21.1. The van der Waals surface area contributed by atoms with Crippen LogP contribution in [0.4, 0.5) is 0 Å². The SMILES string of the molecule is CC(N)C1CCCCN1C(=O)c1ccc2[nH]ccc2c1. The lowest BCUT2D eigenvalue weighted by atomic mass is 9.96. The highest BCUT2D eigenvalue weighted by Crippen LogP contribution is 2.23. The van der Waals surface area contributed by atoms with E-state index >= 15 is 0 Å². The Morgan fingerprint density at radius 1 is 1.40 bits per heavy atom. The van der Waals surface area contributed by atoms with Crippen molar-refractivity contribution in [3.63, 3.8) is 0 Å². The number of nitrogens with one attached hydrogen (secondary N) is 1. The van der Waals surface area contributed by atoms with E-state index < -0.39 is 0 Å². The summed E-state index contributed by atoms with van der Waals surface area (Å²) in [7, 11) is 0. The first-order valence-corrected chi connectivity index (χ1v) is 7.30. The Labute approximate surface area is 118 Å². The zero-order valence-electron chi connectivity index (χ0n) is 11.8. The molecule has 2 heterocycles. The second-order valence-electron chi connectivity index (χ2n) is 5.70. The van der Waals surface area contributed by atoms with Crippen molar-refractivity contribution in [1.29, 1.82) is 0 Å². The molecule has 3 rings (SSSR count). The molecule has 0 aliphatic carbocycles.